The van der Waals surface area contributed by atoms with Gasteiger partial charge in [-0.15, -0.1) is 0 Å². The first-order valence-electron chi connectivity index (χ1n) is 6.28. The van der Waals surface area contributed by atoms with Crippen LogP contribution < -0.4 is 16.6 Å². The van der Waals surface area contributed by atoms with Crippen LogP contribution in [0.25, 0.3) is 11.0 Å². The van der Waals surface area contributed by atoms with Gasteiger partial charge in [0.25, 0.3) is 5.56 Å². The van der Waals surface area contributed by atoms with Crippen LogP contribution in [0.1, 0.15) is 20.3 Å². The van der Waals surface area contributed by atoms with E-state index in [1.165, 1.54) is 11.6 Å². The van der Waals surface area contributed by atoms with Gasteiger partial charge in [-0.1, -0.05) is 6.92 Å². The van der Waals surface area contributed by atoms with Crippen molar-refractivity contribution in [2.24, 2.45) is 14.1 Å². The second-order valence-electron chi connectivity index (χ2n) is 4.72. The van der Waals surface area contributed by atoms with Crippen LogP contribution in [0.15, 0.2) is 21.9 Å². The Morgan fingerprint density at radius 1 is 1.32 bits per heavy atom. The number of pyridine rings is 1. The summed E-state index contributed by atoms with van der Waals surface area (Å²) >= 11 is 0. The van der Waals surface area contributed by atoms with E-state index in [1.807, 2.05) is 6.92 Å². The normalized spacial score (nSPS) is 12.6. The third kappa shape index (κ3) is 2.14. The molecule has 2 rings (SSSR count). The first-order valence-corrected chi connectivity index (χ1v) is 6.28. The van der Waals surface area contributed by atoms with Crippen LogP contribution in [-0.4, -0.2) is 20.2 Å². The molecule has 0 spiro atoms. The monoisotopic (exact) mass is 262 g/mol. The highest BCUT2D eigenvalue weighted by Crippen LogP contribution is 2.17. The molecule has 1 atom stereocenters. The molecule has 0 aliphatic rings. The van der Waals surface area contributed by atoms with Gasteiger partial charge in [-0.3, -0.25) is 13.9 Å². The first kappa shape index (κ1) is 13.3. The molecule has 0 fully saturated rings. The molecular weight excluding hydrogens is 244 g/mol. The van der Waals surface area contributed by atoms with Crippen LogP contribution in [0.5, 0.6) is 0 Å². The third-order valence-electron chi connectivity index (χ3n) is 3.36. The number of rotatable bonds is 3. The fraction of sp³-hybridized carbons (Fsp3) is 0.462. The predicted octanol–water partition coefficient (Wildman–Crippen LogP) is 0.843. The van der Waals surface area contributed by atoms with Crippen molar-refractivity contribution >= 4 is 16.7 Å². The fourth-order valence-electron chi connectivity index (χ4n) is 1.97. The minimum Gasteiger partial charge on any atom is -0.382 e. The van der Waals surface area contributed by atoms with Crippen LogP contribution in [-0.2, 0) is 14.1 Å². The van der Waals surface area contributed by atoms with Crippen molar-refractivity contribution in [2.75, 3.05) is 5.32 Å². The SMILES string of the molecule is CCC(C)Nc1ccnc2c1c(=O)n(C)c(=O)n2C. The zero-order valence-corrected chi connectivity index (χ0v) is 11.6. The number of anilines is 1. The van der Waals surface area contributed by atoms with E-state index in [4.69, 9.17) is 0 Å². The van der Waals surface area contributed by atoms with E-state index in [2.05, 4.69) is 17.2 Å². The highest BCUT2D eigenvalue weighted by atomic mass is 16.2. The van der Waals surface area contributed by atoms with Crippen molar-refractivity contribution in [3.05, 3.63) is 33.1 Å². The molecule has 6 nitrogen and oxygen atoms in total. The average Bonchev–Trinajstić information content (AvgIpc) is 2.42. The maximum atomic E-state index is 12.3. The Morgan fingerprint density at radius 2 is 2.00 bits per heavy atom. The molecule has 0 radical (unpaired) electrons. The highest BCUT2D eigenvalue weighted by Gasteiger charge is 2.13. The summed E-state index contributed by atoms with van der Waals surface area (Å²) in [7, 11) is 3.09. The van der Waals surface area contributed by atoms with Crippen molar-refractivity contribution < 1.29 is 0 Å². The van der Waals surface area contributed by atoms with Crippen LogP contribution >= 0.6 is 0 Å². The summed E-state index contributed by atoms with van der Waals surface area (Å²) in [4.78, 5) is 28.3. The van der Waals surface area contributed by atoms with E-state index in [0.717, 1.165) is 16.7 Å². The molecule has 2 aromatic rings. The topological polar surface area (TPSA) is 68.9 Å². The zero-order chi connectivity index (χ0) is 14.2. The van der Waals surface area contributed by atoms with Gasteiger partial charge in [-0.05, 0) is 19.4 Å². The Morgan fingerprint density at radius 3 is 2.63 bits per heavy atom. The molecule has 1 N–H and O–H groups in total. The third-order valence-corrected chi connectivity index (χ3v) is 3.36. The molecule has 0 saturated carbocycles. The van der Waals surface area contributed by atoms with Gasteiger partial charge >= 0.3 is 5.69 Å². The Kier molecular flexibility index (Phi) is 3.42. The number of nitrogens with zero attached hydrogens (tertiary/aromatic N) is 3. The van der Waals surface area contributed by atoms with Gasteiger partial charge in [-0.2, -0.15) is 0 Å². The van der Waals surface area contributed by atoms with E-state index in [-0.39, 0.29) is 17.3 Å². The summed E-state index contributed by atoms with van der Waals surface area (Å²) in [5.41, 5.74) is 0.430. The lowest BCUT2D eigenvalue weighted by Gasteiger charge is -2.15. The molecule has 19 heavy (non-hydrogen) atoms. The van der Waals surface area contributed by atoms with Crippen LogP contribution in [0.4, 0.5) is 5.69 Å². The summed E-state index contributed by atoms with van der Waals surface area (Å²) in [5, 5.41) is 3.73. The lowest BCUT2D eigenvalue weighted by atomic mass is 10.2. The number of fused-ring (bicyclic) bond motifs is 1. The van der Waals surface area contributed by atoms with Crippen LogP contribution in [0, 0.1) is 0 Å². The van der Waals surface area contributed by atoms with Crippen molar-refractivity contribution in [3.63, 3.8) is 0 Å². The molecular formula is C13H18N4O2. The summed E-state index contributed by atoms with van der Waals surface area (Å²) in [6, 6.07) is 2.01. The number of aryl methyl sites for hydroxylation is 1. The van der Waals surface area contributed by atoms with Gasteiger partial charge < -0.3 is 5.32 Å². The van der Waals surface area contributed by atoms with Gasteiger partial charge in [0.15, 0.2) is 5.65 Å². The molecule has 0 bridgehead atoms. The van der Waals surface area contributed by atoms with Crippen LogP contribution in [0.2, 0.25) is 0 Å². The molecule has 2 heterocycles. The summed E-state index contributed by atoms with van der Waals surface area (Å²) < 4.78 is 2.49. The molecule has 6 heteroatoms. The Bertz CT molecular complexity index is 730. The van der Waals surface area contributed by atoms with Crippen LogP contribution in [0.3, 0.4) is 0 Å². The van der Waals surface area contributed by atoms with Gasteiger partial charge in [0.1, 0.15) is 5.39 Å². The van der Waals surface area contributed by atoms with Gasteiger partial charge in [0.2, 0.25) is 0 Å². The average molecular weight is 262 g/mol. The fourth-order valence-corrected chi connectivity index (χ4v) is 1.97. The van der Waals surface area contributed by atoms with E-state index < -0.39 is 0 Å². The van der Waals surface area contributed by atoms with E-state index in [0.29, 0.717) is 11.0 Å². The number of hydrogen-bond donors (Lipinski definition) is 1. The van der Waals surface area contributed by atoms with Crippen molar-refractivity contribution in [1.29, 1.82) is 0 Å². The summed E-state index contributed by atoms with van der Waals surface area (Å²) in [5.74, 6) is 0. The number of nitrogens with one attached hydrogen (secondary N) is 1. The molecule has 0 saturated heterocycles. The summed E-state index contributed by atoms with van der Waals surface area (Å²) in [6.45, 7) is 4.10. The summed E-state index contributed by atoms with van der Waals surface area (Å²) in [6.07, 6.45) is 2.54. The van der Waals surface area contributed by atoms with Crippen molar-refractivity contribution in [2.45, 2.75) is 26.3 Å². The first-order chi connectivity index (χ1) is 8.97. The highest BCUT2D eigenvalue weighted by molar-refractivity contribution is 5.88. The maximum absolute atomic E-state index is 12.3. The second kappa shape index (κ2) is 4.87. The predicted molar refractivity (Wildman–Crippen MR) is 75.6 cm³/mol. The van der Waals surface area contributed by atoms with Gasteiger partial charge in [-0.25, -0.2) is 9.78 Å². The lowest BCUT2D eigenvalue weighted by Crippen LogP contribution is -2.37. The van der Waals surface area contributed by atoms with E-state index in [1.54, 1.807) is 19.3 Å². The van der Waals surface area contributed by atoms with E-state index in [9.17, 15) is 9.59 Å². The Labute approximate surface area is 110 Å². The molecule has 2 aromatic heterocycles. The van der Waals surface area contributed by atoms with Crippen molar-refractivity contribution in [3.8, 4) is 0 Å². The second-order valence-corrected chi connectivity index (χ2v) is 4.72. The zero-order valence-electron chi connectivity index (χ0n) is 11.6. The van der Waals surface area contributed by atoms with Gasteiger partial charge in [0, 0.05) is 26.3 Å². The molecule has 0 amide bonds. The molecule has 0 aliphatic carbocycles. The largest absolute Gasteiger partial charge is 0.382 e. The lowest BCUT2D eigenvalue weighted by molar-refractivity contribution is 0.706. The van der Waals surface area contributed by atoms with Gasteiger partial charge in [0.05, 0.1) is 5.69 Å². The number of aromatic nitrogens is 3. The number of hydrogen-bond acceptors (Lipinski definition) is 4. The molecule has 1 unspecified atom stereocenters. The molecule has 0 aromatic carbocycles. The van der Waals surface area contributed by atoms with Crippen molar-refractivity contribution in [1.82, 2.24) is 14.1 Å². The molecule has 0 aliphatic heterocycles. The van der Waals surface area contributed by atoms with E-state index >= 15 is 0 Å². The minimum absolute atomic E-state index is 0.243. The maximum Gasteiger partial charge on any atom is 0.332 e. The quantitative estimate of drug-likeness (QED) is 0.890. The smallest absolute Gasteiger partial charge is 0.332 e. The Hall–Kier alpha value is -2.11. The molecule has 102 valence electrons. The Balaban J connectivity index is 2.82. The minimum atomic E-state index is -0.370. The standard InChI is InChI=1S/C13H18N4O2/c1-5-8(2)15-9-6-7-14-11-10(9)12(18)17(4)13(19)16(11)3/h6-8H,5H2,1-4H3,(H,14,15).